The summed E-state index contributed by atoms with van der Waals surface area (Å²) >= 11 is 0. The van der Waals surface area contributed by atoms with E-state index in [2.05, 4.69) is 5.32 Å². The Morgan fingerprint density at radius 2 is 2.00 bits per heavy atom. The summed E-state index contributed by atoms with van der Waals surface area (Å²) in [5.41, 5.74) is 2.69. The van der Waals surface area contributed by atoms with Crippen molar-refractivity contribution in [3.63, 3.8) is 0 Å². The number of aliphatic hydroxyl groups is 1. The molecule has 1 saturated carbocycles. The molecule has 110 valence electrons. The van der Waals surface area contributed by atoms with Crippen molar-refractivity contribution in [1.82, 2.24) is 5.32 Å². The highest BCUT2D eigenvalue weighted by Gasteiger charge is 2.33. The lowest BCUT2D eigenvalue weighted by Gasteiger charge is -2.36. The van der Waals surface area contributed by atoms with Gasteiger partial charge in [0.05, 0.1) is 0 Å². The van der Waals surface area contributed by atoms with Crippen LogP contribution in [0.4, 0.5) is 0 Å². The van der Waals surface area contributed by atoms with Gasteiger partial charge in [-0.3, -0.25) is 0 Å². The van der Waals surface area contributed by atoms with Crippen LogP contribution in [0.3, 0.4) is 0 Å². The maximum Gasteiger partial charge on any atom is 0.115 e. The highest BCUT2D eigenvalue weighted by molar-refractivity contribution is 5.40. The van der Waals surface area contributed by atoms with Crippen molar-refractivity contribution in [2.75, 3.05) is 13.2 Å². The third kappa shape index (κ3) is 2.70. The van der Waals surface area contributed by atoms with Crippen molar-refractivity contribution in [2.24, 2.45) is 5.41 Å². The van der Waals surface area contributed by atoms with Crippen molar-refractivity contribution < 1.29 is 10.2 Å². The number of aromatic hydroxyl groups is 1. The number of nitrogens with one attached hydrogen (secondary N) is 1. The number of aliphatic hydroxyl groups excluding tert-OH is 1. The molecule has 1 aromatic carbocycles. The number of aryl methyl sites for hydroxylation is 1. The monoisotopic (exact) mass is 275 g/mol. The zero-order chi connectivity index (χ0) is 14.0. The van der Waals surface area contributed by atoms with Crippen LogP contribution in [-0.4, -0.2) is 23.4 Å². The number of hydrogen-bond donors (Lipinski definition) is 3. The molecule has 0 saturated heterocycles. The predicted octanol–water partition coefficient (Wildman–Crippen LogP) is 2.91. The fraction of sp³-hybridized carbons (Fsp3) is 0.647. The minimum absolute atomic E-state index is 0.0952. The number of fused-ring (bicyclic) bond motifs is 1. The van der Waals surface area contributed by atoms with Crippen LogP contribution < -0.4 is 5.32 Å². The summed E-state index contributed by atoms with van der Waals surface area (Å²) < 4.78 is 0. The van der Waals surface area contributed by atoms with Gasteiger partial charge in [0, 0.05) is 24.6 Å². The van der Waals surface area contributed by atoms with Crippen LogP contribution in [-0.2, 0) is 6.42 Å². The van der Waals surface area contributed by atoms with Gasteiger partial charge in [-0.2, -0.15) is 0 Å². The molecule has 0 amide bonds. The van der Waals surface area contributed by atoms with Gasteiger partial charge < -0.3 is 15.5 Å². The predicted molar refractivity (Wildman–Crippen MR) is 79.8 cm³/mol. The van der Waals surface area contributed by atoms with Gasteiger partial charge in [-0.15, -0.1) is 0 Å². The van der Waals surface area contributed by atoms with Gasteiger partial charge in [0.1, 0.15) is 5.75 Å². The summed E-state index contributed by atoms with van der Waals surface area (Å²) in [6.45, 7) is 1.21. The van der Waals surface area contributed by atoms with Crippen molar-refractivity contribution >= 4 is 0 Å². The molecule has 0 aromatic heterocycles. The van der Waals surface area contributed by atoms with E-state index in [9.17, 15) is 10.2 Å². The van der Waals surface area contributed by atoms with E-state index >= 15 is 0 Å². The van der Waals surface area contributed by atoms with Crippen LogP contribution in [0.25, 0.3) is 0 Å². The second-order valence-corrected chi connectivity index (χ2v) is 6.57. The van der Waals surface area contributed by atoms with Crippen LogP contribution in [0.1, 0.15) is 55.7 Å². The summed E-state index contributed by atoms with van der Waals surface area (Å²) in [4.78, 5) is 0. The van der Waals surface area contributed by atoms with E-state index in [1.807, 2.05) is 12.1 Å². The van der Waals surface area contributed by atoms with Gasteiger partial charge in [-0.1, -0.05) is 25.3 Å². The zero-order valence-corrected chi connectivity index (χ0v) is 12.1. The molecule has 1 fully saturated rings. The van der Waals surface area contributed by atoms with Gasteiger partial charge in [-0.05, 0) is 48.9 Å². The molecule has 1 atom stereocenters. The lowest BCUT2D eigenvalue weighted by atomic mass is 9.74. The molecular weight excluding hydrogens is 250 g/mol. The van der Waals surface area contributed by atoms with E-state index in [1.54, 1.807) is 6.07 Å². The molecule has 0 bridgehead atoms. The SMILES string of the molecule is OCC1(CNC2CCc3cc(O)ccc32)CCCCC1. The number of phenols is 1. The molecule has 0 aliphatic heterocycles. The fourth-order valence-electron chi connectivity index (χ4n) is 3.85. The first-order valence-electron chi connectivity index (χ1n) is 7.88. The smallest absolute Gasteiger partial charge is 0.115 e. The van der Waals surface area contributed by atoms with Crippen LogP contribution in [0.5, 0.6) is 5.75 Å². The van der Waals surface area contributed by atoms with E-state index in [-0.39, 0.29) is 5.41 Å². The van der Waals surface area contributed by atoms with Gasteiger partial charge in [0.25, 0.3) is 0 Å². The molecular formula is C17H25NO2. The number of benzene rings is 1. The van der Waals surface area contributed by atoms with E-state index in [4.69, 9.17) is 0 Å². The van der Waals surface area contributed by atoms with Gasteiger partial charge in [0.2, 0.25) is 0 Å². The molecule has 3 N–H and O–H groups in total. The van der Waals surface area contributed by atoms with Gasteiger partial charge in [0.15, 0.2) is 0 Å². The largest absolute Gasteiger partial charge is 0.508 e. The van der Waals surface area contributed by atoms with Crippen LogP contribution in [0.15, 0.2) is 18.2 Å². The van der Waals surface area contributed by atoms with Crippen molar-refractivity contribution in [1.29, 1.82) is 0 Å². The van der Waals surface area contributed by atoms with Crippen LogP contribution in [0.2, 0.25) is 0 Å². The van der Waals surface area contributed by atoms with Crippen LogP contribution >= 0.6 is 0 Å². The highest BCUT2D eigenvalue weighted by Crippen LogP contribution is 2.38. The standard InChI is InChI=1S/C17H25NO2/c19-12-17(8-2-1-3-9-17)11-18-16-7-4-13-10-14(20)5-6-15(13)16/h5-6,10,16,18-20H,1-4,7-9,11-12H2. The summed E-state index contributed by atoms with van der Waals surface area (Å²) in [5, 5.41) is 23.0. The highest BCUT2D eigenvalue weighted by atomic mass is 16.3. The molecule has 3 nitrogen and oxygen atoms in total. The summed E-state index contributed by atoms with van der Waals surface area (Å²) in [5.74, 6) is 0.364. The molecule has 1 unspecified atom stereocenters. The number of phenolic OH excluding ortho intramolecular Hbond substituents is 1. The fourth-order valence-corrected chi connectivity index (χ4v) is 3.85. The van der Waals surface area contributed by atoms with E-state index in [0.717, 1.165) is 32.2 Å². The molecule has 3 heteroatoms. The summed E-state index contributed by atoms with van der Waals surface area (Å²) in [7, 11) is 0. The Morgan fingerprint density at radius 3 is 2.75 bits per heavy atom. The molecule has 2 aliphatic rings. The first-order valence-corrected chi connectivity index (χ1v) is 7.88. The van der Waals surface area contributed by atoms with Gasteiger partial charge >= 0.3 is 0 Å². The molecule has 0 spiro atoms. The molecule has 20 heavy (non-hydrogen) atoms. The third-order valence-electron chi connectivity index (χ3n) is 5.18. The second-order valence-electron chi connectivity index (χ2n) is 6.57. The lowest BCUT2D eigenvalue weighted by Crippen LogP contribution is -2.40. The molecule has 0 heterocycles. The van der Waals surface area contributed by atoms with E-state index < -0.39 is 0 Å². The minimum Gasteiger partial charge on any atom is -0.508 e. The lowest BCUT2D eigenvalue weighted by molar-refractivity contribution is 0.0783. The molecule has 3 rings (SSSR count). The maximum absolute atomic E-state index is 9.77. The Hall–Kier alpha value is -1.06. The Balaban J connectivity index is 1.65. The van der Waals surface area contributed by atoms with E-state index in [1.165, 1.54) is 30.4 Å². The quantitative estimate of drug-likeness (QED) is 0.792. The van der Waals surface area contributed by atoms with Gasteiger partial charge in [-0.25, -0.2) is 0 Å². The Morgan fingerprint density at radius 1 is 1.20 bits per heavy atom. The zero-order valence-electron chi connectivity index (χ0n) is 12.1. The summed E-state index contributed by atoms with van der Waals surface area (Å²) in [6, 6.07) is 6.10. The maximum atomic E-state index is 9.77. The normalized spacial score (nSPS) is 24.6. The average molecular weight is 275 g/mol. The third-order valence-corrected chi connectivity index (χ3v) is 5.18. The molecule has 0 radical (unpaired) electrons. The first-order chi connectivity index (χ1) is 9.72. The summed E-state index contributed by atoms with van der Waals surface area (Å²) in [6.07, 6.45) is 8.23. The average Bonchev–Trinajstić information content (AvgIpc) is 2.88. The topological polar surface area (TPSA) is 52.5 Å². The Kier molecular flexibility index (Phi) is 3.99. The van der Waals surface area contributed by atoms with Crippen molar-refractivity contribution in [2.45, 2.75) is 51.0 Å². The first kappa shape index (κ1) is 13.9. The number of hydrogen-bond acceptors (Lipinski definition) is 3. The van der Waals surface area contributed by atoms with Crippen LogP contribution in [0, 0.1) is 5.41 Å². The Labute approximate surface area is 121 Å². The van der Waals surface area contributed by atoms with Crippen molar-refractivity contribution in [3.8, 4) is 5.75 Å². The Bertz CT molecular complexity index is 466. The van der Waals surface area contributed by atoms with Crippen molar-refractivity contribution in [3.05, 3.63) is 29.3 Å². The van der Waals surface area contributed by atoms with E-state index in [0.29, 0.717) is 18.4 Å². The minimum atomic E-state index is 0.0952. The molecule has 2 aliphatic carbocycles. The number of rotatable bonds is 4. The molecule has 1 aromatic rings. The second kappa shape index (κ2) is 5.74.